The number of carbonyl (C=O) groups is 3. The van der Waals surface area contributed by atoms with Gasteiger partial charge in [0.25, 0.3) is 0 Å². The lowest BCUT2D eigenvalue weighted by Gasteiger charge is -2.12. The third-order valence-corrected chi connectivity index (χ3v) is 8.01. The van der Waals surface area contributed by atoms with Crippen molar-refractivity contribution in [3.63, 3.8) is 0 Å². The fraction of sp³-hybridized carbons (Fsp3) is 0.853. The van der Waals surface area contributed by atoms with Gasteiger partial charge in [-0.1, -0.05) is 123 Å². The summed E-state index contributed by atoms with van der Waals surface area (Å²) >= 11 is 0. The smallest absolute Gasteiger partial charge is 0.306 e. The quantitative estimate of drug-likeness (QED) is 0.0441. The Bertz CT molecular complexity index is 636. The average Bonchev–Trinajstić information content (AvgIpc) is 2.92. The van der Waals surface area contributed by atoms with E-state index >= 15 is 0 Å². The number of amides is 1. The first-order valence-electron chi connectivity index (χ1n) is 16.7. The van der Waals surface area contributed by atoms with E-state index in [2.05, 4.69) is 18.8 Å². The lowest BCUT2D eigenvalue weighted by molar-refractivity contribution is -0.142. The molecule has 0 aromatic carbocycles. The molecule has 0 rings (SSSR count). The van der Waals surface area contributed by atoms with E-state index in [9.17, 15) is 19.5 Å². The molecule has 0 aromatic rings. The number of hydrogen-bond donors (Lipinski definition) is 3. The Morgan fingerprint density at radius 3 is 1.57 bits per heavy atom. The van der Waals surface area contributed by atoms with Gasteiger partial charge in [0.1, 0.15) is 6.29 Å². The Balaban J connectivity index is 3.57. The van der Waals surface area contributed by atoms with E-state index in [4.69, 9.17) is 5.11 Å². The predicted molar refractivity (Wildman–Crippen MR) is 167 cm³/mol. The van der Waals surface area contributed by atoms with Gasteiger partial charge in [0.2, 0.25) is 5.91 Å². The van der Waals surface area contributed by atoms with E-state index in [0.717, 1.165) is 64.1 Å². The molecule has 0 bridgehead atoms. The van der Waals surface area contributed by atoms with Gasteiger partial charge in [0.05, 0.1) is 11.7 Å². The summed E-state index contributed by atoms with van der Waals surface area (Å²) in [4.78, 5) is 34.7. The van der Waals surface area contributed by atoms with E-state index < -0.39 is 11.9 Å². The zero-order valence-corrected chi connectivity index (χ0v) is 25.9. The van der Waals surface area contributed by atoms with Crippen LogP contribution in [0.2, 0.25) is 0 Å². The predicted octanol–water partition coefficient (Wildman–Crippen LogP) is 9.46. The highest BCUT2D eigenvalue weighted by atomic mass is 16.4. The third kappa shape index (κ3) is 26.4. The molecule has 0 aliphatic carbocycles. The Labute approximate surface area is 246 Å². The Morgan fingerprint density at radius 1 is 0.650 bits per heavy atom. The van der Waals surface area contributed by atoms with Crippen molar-refractivity contribution in [1.29, 1.82) is 0 Å². The Hall–Kier alpha value is -1.85. The molecule has 234 valence electrons. The SMILES string of the molecule is C=C(O)CCCCCCCCCCCCCCCCCCC(CCC(=O)NCCCCC(C=O)CCC)C(=O)O. The van der Waals surface area contributed by atoms with Crippen molar-refractivity contribution in [3.05, 3.63) is 12.3 Å². The second kappa shape index (κ2) is 28.7. The number of aldehydes is 1. The molecule has 0 aromatic heterocycles. The highest BCUT2D eigenvalue weighted by molar-refractivity contribution is 5.77. The molecule has 0 saturated heterocycles. The number of aliphatic hydroxyl groups excluding tert-OH is 1. The van der Waals surface area contributed by atoms with Crippen molar-refractivity contribution in [3.8, 4) is 0 Å². The number of hydrogen-bond acceptors (Lipinski definition) is 4. The van der Waals surface area contributed by atoms with E-state index in [1.54, 1.807) is 0 Å². The Kier molecular flexibility index (Phi) is 27.3. The maximum absolute atomic E-state index is 12.1. The number of carboxylic acid groups (broad SMARTS) is 1. The van der Waals surface area contributed by atoms with Crippen LogP contribution in [-0.2, 0) is 14.4 Å². The molecule has 0 spiro atoms. The summed E-state index contributed by atoms with van der Waals surface area (Å²) in [5, 5.41) is 21.5. The molecule has 0 radical (unpaired) electrons. The zero-order valence-electron chi connectivity index (χ0n) is 25.9. The number of aliphatic hydroxyl groups is 1. The minimum Gasteiger partial charge on any atom is -0.513 e. The van der Waals surface area contributed by atoms with Crippen LogP contribution >= 0.6 is 0 Å². The largest absolute Gasteiger partial charge is 0.513 e. The number of aliphatic carboxylic acids is 1. The minimum absolute atomic E-state index is 0.0655. The molecule has 6 heteroatoms. The zero-order chi connectivity index (χ0) is 29.7. The summed E-state index contributed by atoms with van der Waals surface area (Å²) < 4.78 is 0. The van der Waals surface area contributed by atoms with Crippen molar-refractivity contribution in [1.82, 2.24) is 5.32 Å². The van der Waals surface area contributed by atoms with Gasteiger partial charge in [0.15, 0.2) is 0 Å². The molecule has 0 aliphatic rings. The molecule has 1 amide bonds. The highest BCUT2D eigenvalue weighted by Gasteiger charge is 2.18. The van der Waals surface area contributed by atoms with E-state index in [1.165, 1.54) is 83.5 Å². The second-order valence-corrected chi connectivity index (χ2v) is 11.9. The number of carboxylic acids is 1. The maximum atomic E-state index is 12.1. The van der Waals surface area contributed by atoms with Crippen LogP contribution in [0.4, 0.5) is 0 Å². The number of unbranched alkanes of at least 4 members (excludes halogenated alkanes) is 16. The van der Waals surface area contributed by atoms with Crippen molar-refractivity contribution < 1.29 is 24.6 Å². The molecular formula is C34H63NO5. The van der Waals surface area contributed by atoms with Crippen LogP contribution in [0, 0.1) is 11.8 Å². The maximum Gasteiger partial charge on any atom is 0.306 e. The van der Waals surface area contributed by atoms with Crippen molar-refractivity contribution in [2.24, 2.45) is 11.8 Å². The monoisotopic (exact) mass is 565 g/mol. The first-order valence-corrected chi connectivity index (χ1v) is 16.7. The highest BCUT2D eigenvalue weighted by Crippen LogP contribution is 2.19. The van der Waals surface area contributed by atoms with Crippen LogP contribution in [0.1, 0.15) is 167 Å². The van der Waals surface area contributed by atoms with Crippen molar-refractivity contribution in [2.45, 2.75) is 167 Å². The molecule has 2 unspecified atom stereocenters. The van der Waals surface area contributed by atoms with Gasteiger partial charge in [0, 0.05) is 25.3 Å². The van der Waals surface area contributed by atoms with Gasteiger partial charge in [-0.2, -0.15) is 0 Å². The Morgan fingerprint density at radius 2 is 1.12 bits per heavy atom. The number of allylic oxidation sites excluding steroid dienone is 1. The van der Waals surface area contributed by atoms with Gasteiger partial charge < -0.3 is 20.3 Å². The van der Waals surface area contributed by atoms with Crippen LogP contribution in [0.15, 0.2) is 12.3 Å². The van der Waals surface area contributed by atoms with Crippen molar-refractivity contribution >= 4 is 18.2 Å². The first kappa shape index (κ1) is 38.1. The summed E-state index contributed by atoms with van der Waals surface area (Å²) in [6.07, 6.45) is 27.6. The van der Waals surface area contributed by atoms with Gasteiger partial charge in [-0.3, -0.25) is 9.59 Å². The summed E-state index contributed by atoms with van der Waals surface area (Å²) in [6, 6.07) is 0. The van der Waals surface area contributed by atoms with Crippen LogP contribution in [-0.4, -0.2) is 34.9 Å². The molecule has 0 saturated carbocycles. The lowest BCUT2D eigenvalue weighted by Crippen LogP contribution is -2.26. The number of rotatable bonds is 31. The number of carbonyl (C=O) groups excluding carboxylic acids is 2. The number of nitrogens with one attached hydrogen (secondary N) is 1. The summed E-state index contributed by atoms with van der Waals surface area (Å²) in [6.45, 7) is 6.20. The normalized spacial score (nSPS) is 12.6. The molecule has 40 heavy (non-hydrogen) atoms. The van der Waals surface area contributed by atoms with Gasteiger partial charge in [-0.25, -0.2) is 0 Å². The standard InChI is InChI=1S/C34H63NO5/c1-3-22-31(29-36)24-20-21-28-35-33(38)27-26-32(34(39)40)25-19-17-15-13-11-9-7-5-4-6-8-10-12-14-16-18-23-30(2)37/h29,31-32,37H,2-28H2,1H3,(H,35,38)(H,39,40). The van der Waals surface area contributed by atoms with E-state index in [0.29, 0.717) is 25.1 Å². The molecule has 3 N–H and O–H groups in total. The third-order valence-electron chi connectivity index (χ3n) is 8.01. The first-order chi connectivity index (χ1) is 19.4. The van der Waals surface area contributed by atoms with Crippen LogP contribution in [0.3, 0.4) is 0 Å². The summed E-state index contributed by atoms with van der Waals surface area (Å²) in [5.74, 6) is -0.831. The molecule has 0 fully saturated rings. The van der Waals surface area contributed by atoms with Crippen molar-refractivity contribution in [2.75, 3.05) is 6.54 Å². The second-order valence-electron chi connectivity index (χ2n) is 11.9. The molecule has 0 aliphatic heterocycles. The van der Waals surface area contributed by atoms with Crippen LogP contribution in [0.5, 0.6) is 0 Å². The molecule has 0 heterocycles. The molecule has 2 atom stereocenters. The molecule has 6 nitrogen and oxygen atoms in total. The van der Waals surface area contributed by atoms with Crippen LogP contribution in [0.25, 0.3) is 0 Å². The molecular weight excluding hydrogens is 502 g/mol. The fourth-order valence-electron chi connectivity index (χ4n) is 5.39. The average molecular weight is 566 g/mol. The van der Waals surface area contributed by atoms with E-state index in [-0.39, 0.29) is 18.2 Å². The minimum atomic E-state index is -0.784. The van der Waals surface area contributed by atoms with Crippen LogP contribution < -0.4 is 5.32 Å². The lowest BCUT2D eigenvalue weighted by atomic mass is 9.95. The van der Waals surface area contributed by atoms with Gasteiger partial charge in [-0.05, 0) is 38.5 Å². The fourth-order valence-corrected chi connectivity index (χ4v) is 5.39. The van der Waals surface area contributed by atoms with Gasteiger partial charge in [-0.15, -0.1) is 0 Å². The van der Waals surface area contributed by atoms with Gasteiger partial charge >= 0.3 is 5.97 Å². The topological polar surface area (TPSA) is 104 Å². The van der Waals surface area contributed by atoms with E-state index in [1.807, 2.05) is 0 Å². The summed E-state index contributed by atoms with van der Waals surface area (Å²) in [5.41, 5.74) is 0. The summed E-state index contributed by atoms with van der Waals surface area (Å²) in [7, 11) is 0.